The molecule has 1 amide bonds. The van der Waals surface area contributed by atoms with Crippen LogP contribution < -0.4 is 14.8 Å². The third-order valence-corrected chi connectivity index (χ3v) is 4.28. The molecule has 7 heteroatoms. The number of nitrogens with zero attached hydrogens (tertiary/aromatic N) is 2. The Morgan fingerprint density at radius 3 is 2.79 bits per heavy atom. The fraction of sp³-hybridized carbons (Fsp3) is 0.143. The maximum absolute atomic E-state index is 12.3. The topological polar surface area (TPSA) is 65.4 Å². The molecule has 1 aromatic heterocycles. The summed E-state index contributed by atoms with van der Waals surface area (Å²) in [6.45, 7) is 0.499. The van der Waals surface area contributed by atoms with Crippen molar-refractivity contribution in [1.82, 2.24) is 9.78 Å². The van der Waals surface area contributed by atoms with Crippen LogP contribution in [-0.2, 0) is 11.3 Å². The Hall–Kier alpha value is -3.25. The Balaban J connectivity index is 1.69. The Bertz CT molecular complexity index is 998. The average molecular weight is 398 g/mol. The molecule has 0 aliphatic carbocycles. The average Bonchev–Trinajstić information content (AvgIpc) is 3.12. The van der Waals surface area contributed by atoms with Gasteiger partial charge in [-0.15, -0.1) is 0 Å². The van der Waals surface area contributed by atoms with Gasteiger partial charge in [0.25, 0.3) is 0 Å². The van der Waals surface area contributed by atoms with Crippen molar-refractivity contribution in [2.45, 2.75) is 6.54 Å². The van der Waals surface area contributed by atoms with E-state index in [1.54, 1.807) is 49.4 Å². The van der Waals surface area contributed by atoms with E-state index >= 15 is 0 Å². The van der Waals surface area contributed by atoms with Crippen LogP contribution in [0.5, 0.6) is 11.5 Å². The largest absolute Gasteiger partial charge is 0.497 e. The molecule has 0 bridgehead atoms. The number of aromatic nitrogens is 2. The minimum absolute atomic E-state index is 0.272. The lowest BCUT2D eigenvalue weighted by Crippen LogP contribution is -2.13. The van der Waals surface area contributed by atoms with Gasteiger partial charge < -0.3 is 14.8 Å². The lowest BCUT2D eigenvalue weighted by atomic mass is 10.1. The van der Waals surface area contributed by atoms with Crippen LogP contribution in [0.3, 0.4) is 0 Å². The maximum Gasteiger partial charge on any atom is 0.249 e. The molecule has 0 aliphatic heterocycles. The molecule has 0 spiro atoms. The van der Waals surface area contributed by atoms with E-state index in [9.17, 15) is 4.79 Å². The highest BCUT2D eigenvalue weighted by molar-refractivity contribution is 6.30. The Morgan fingerprint density at radius 2 is 2.04 bits per heavy atom. The van der Waals surface area contributed by atoms with E-state index in [-0.39, 0.29) is 5.91 Å². The first-order valence-electron chi connectivity index (χ1n) is 8.56. The molecular formula is C21H20ClN3O3. The number of hydrogen-bond acceptors (Lipinski definition) is 4. The first-order valence-corrected chi connectivity index (χ1v) is 8.94. The zero-order valence-electron chi connectivity index (χ0n) is 15.6. The summed E-state index contributed by atoms with van der Waals surface area (Å²) in [7, 11) is 3.16. The molecule has 144 valence electrons. The molecule has 6 nitrogen and oxygen atoms in total. The molecule has 3 rings (SSSR count). The molecule has 1 N–H and O–H groups in total. The summed E-state index contributed by atoms with van der Waals surface area (Å²) in [4.78, 5) is 12.3. The van der Waals surface area contributed by atoms with Gasteiger partial charge in [-0.05, 0) is 35.9 Å². The SMILES string of the molecule is COc1ccc(/C=C/C(=O)Nc2ccnn2Cc2cccc(Cl)c2)c(OC)c1. The summed E-state index contributed by atoms with van der Waals surface area (Å²) >= 11 is 6.03. The zero-order valence-corrected chi connectivity index (χ0v) is 16.3. The van der Waals surface area contributed by atoms with Gasteiger partial charge in [-0.25, -0.2) is 4.68 Å². The van der Waals surface area contributed by atoms with Crippen molar-refractivity contribution in [3.63, 3.8) is 0 Å². The molecule has 0 saturated heterocycles. The molecule has 0 aliphatic rings. The van der Waals surface area contributed by atoms with E-state index < -0.39 is 0 Å². The minimum atomic E-state index is -0.272. The molecule has 1 heterocycles. The number of methoxy groups -OCH3 is 2. The van der Waals surface area contributed by atoms with E-state index in [0.717, 1.165) is 11.1 Å². The zero-order chi connectivity index (χ0) is 19.9. The van der Waals surface area contributed by atoms with E-state index in [0.29, 0.717) is 28.9 Å². The van der Waals surface area contributed by atoms with Crippen molar-refractivity contribution in [3.05, 3.63) is 77.0 Å². The second kappa shape index (κ2) is 9.10. The molecule has 0 unspecified atom stereocenters. The van der Waals surface area contributed by atoms with Gasteiger partial charge in [-0.1, -0.05) is 23.7 Å². The predicted octanol–water partition coefficient (Wildman–Crippen LogP) is 4.25. The van der Waals surface area contributed by atoms with Gasteiger partial charge in [0.05, 0.1) is 27.0 Å². The molecule has 0 radical (unpaired) electrons. The Morgan fingerprint density at radius 1 is 1.18 bits per heavy atom. The Kier molecular flexibility index (Phi) is 6.34. The van der Waals surface area contributed by atoms with Crippen LogP contribution in [0.1, 0.15) is 11.1 Å². The maximum atomic E-state index is 12.3. The van der Waals surface area contributed by atoms with Crippen LogP contribution in [0.25, 0.3) is 6.08 Å². The quantitative estimate of drug-likeness (QED) is 0.605. The number of anilines is 1. The molecule has 28 heavy (non-hydrogen) atoms. The third kappa shape index (κ3) is 4.92. The Labute approximate surface area is 168 Å². The van der Waals surface area contributed by atoms with Gasteiger partial charge in [0.1, 0.15) is 17.3 Å². The smallest absolute Gasteiger partial charge is 0.249 e. The van der Waals surface area contributed by atoms with Crippen molar-refractivity contribution in [1.29, 1.82) is 0 Å². The first kappa shape index (κ1) is 19.5. The summed E-state index contributed by atoms with van der Waals surface area (Å²) in [5, 5.41) is 7.75. The van der Waals surface area contributed by atoms with Crippen molar-refractivity contribution < 1.29 is 14.3 Å². The second-order valence-corrected chi connectivity index (χ2v) is 6.37. The van der Waals surface area contributed by atoms with E-state index in [1.807, 2.05) is 30.3 Å². The molecule has 0 fully saturated rings. The number of carbonyl (C=O) groups excluding carboxylic acids is 1. The lowest BCUT2D eigenvalue weighted by Gasteiger charge is -2.09. The summed E-state index contributed by atoms with van der Waals surface area (Å²) in [6.07, 6.45) is 4.77. The van der Waals surface area contributed by atoms with Crippen LogP contribution in [0.4, 0.5) is 5.82 Å². The number of amides is 1. The number of carbonyl (C=O) groups is 1. The monoisotopic (exact) mass is 397 g/mol. The van der Waals surface area contributed by atoms with Crippen LogP contribution in [0, 0.1) is 0 Å². The molecule has 2 aromatic carbocycles. The molecular weight excluding hydrogens is 378 g/mol. The van der Waals surface area contributed by atoms with Crippen LogP contribution >= 0.6 is 11.6 Å². The summed E-state index contributed by atoms with van der Waals surface area (Å²) in [5.41, 5.74) is 1.76. The number of rotatable bonds is 7. The summed E-state index contributed by atoms with van der Waals surface area (Å²) < 4.78 is 12.2. The number of benzene rings is 2. The van der Waals surface area contributed by atoms with E-state index in [2.05, 4.69) is 10.4 Å². The minimum Gasteiger partial charge on any atom is -0.497 e. The second-order valence-electron chi connectivity index (χ2n) is 5.93. The van der Waals surface area contributed by atoms with Gasteiger partial charge in [-0.3, -0.25) is 4.79 Å². The molecule has 3 aromatic rings. The first-order chi connectivity index (χ1) is 13.6. The summed E-state index contributed by atoms with van der Waals surface area (Å²) in [6, 6.07) is 14.6. The van der Waals surface area contributed by atoms with Crippen molar-refractivity contribution in [2.75, 3.05) is 19.5 Å². The van der Waals surface area contributed by atoms with Crippen LogP contribution in [0.15, 0.2) is 60.8 Å². The number of ether oxygens (including phenoxy) is 2. The lowest BCUT2D eigenvalue weighted by molar-refractivity contribution is -0.111. The van der Waals surface area contributed by atoms with Crippen LogP contribution in [-0.4, -0.2) is 29.9 Å². The van der Waals surface area contributed by atoms with E-state index in [4.69, 9.17) is 21.1 Å². The fourth-order valence-corrected chi connectivity index (χ4v) is 2.88. The third-order valence-electron chi connectivity index (χ3n) is 4.04. The normalized spacial score (nSPS) is 10.8. The highest BCUT2D eigenvalue weighted by Gasteiger charge is 2.07. The van der Waals surface area contributed by atoms with Gasteiger partial charge >= 0.3 is 0 Å². The van der Waals surface area contributed by atoms with Gasteiger partial charge in [0, 0.05) is 28.8 Å². The van der Waals surface area contributed by atoms with Crippen molar-refractivity contribution >= 4 is 29.4 Å². The molecule has 0 saturated carbocycles. The highest BCUT2D eigenvalue weighted by atomic mass is 35.5. The van der Waals surface area contributed by atoms with Crippen LogP contribution in [0.2, 0.25) is 5.02 Å². The van der Waals surface area contributed by atoms with Gasteiger partial charge in [0.15, 0.2) is 0 Å². The number of halogens is 1. The summed E-state index contributed by atoms with van der Waals surface area (Å²) in [5.74, 6) is 1.62. The number of nitrogens with one attached hydrogen (secondary N) is 1. The fourth-order valence-electron chi connectivity index (χ4n) is 2.66. The van der Waals surface area contributed by atoms with Crippen molar-refractivity contribution in [3.8, 4) is 11.5 Å². The highest BCUT2D eigenvalue weighted by Crippen LogP contribution is 2.25. The standard InChI is InChI=1S/C21H20ClN3O3/c1-27-18-8-6-16(19(13-18)28-2)7-9-21(26)24-20-10-11-23-25(20)14-15-4-3-5-17(22)12-15/h3-13H,14H2,1-2H3,(H,24,26)/b9-7+. The van der Waals surface area contributed by atoms with Gasteiger partial charge in [-0.2, -0.15) is 5.10 Å². The van der Waals surface area contributed by atoms with Crippen molar-refractivity contribution in [2.24, 2.45) is 0 Å². The predicted molar refractivity (Wildman–Crippen MR) is 110 cm³/mol. The van der Waals surface area contributed by atoms with E-state index in [1.165, 1.54) is 6.08 Å². The van der Waals surface area contributed by atoms with Gasteiger partial charge in [0.2, 0.25) is 5.91 Å². The number of hydrogen-bond donors (Lipinski definition) is 1. The molecule has 0 atom stereocenters.